The molecule has 0 atom stereocenters. The van der Waals surface area contributed by atoms with Crippen LogP contribution in [0.1, 0.15) is 12.5 Å². The van der Waals surface area contributed by atoms with Gasteiger partial charge in [0.2, 0.25) is 0 Å². The minimum Gasteiger partial charge on any atom is -0.301 e. The number of halogens is 1. The highest BCUT2D eigenvalue weighted by molar-refractivity contribution is 6.29. The van der Waals surface area contributed by atoms with E-state index in [9.17, 15) is 9.59 Å². The van der Waals surface area contributed by atoms with Crippen molar-refractivity contribution in [3.8, 4) is 0 Å². The van der Waals surface area contributed by atoms with E-state index in [1.165, 1.54) is 21.4 Å². The molecule has 6 heteroatoms. The quantitative estimate of drug-likeness (QED) is 0.782. The normalized spacial score (nSPS) is 10.6. The molecule has 0 fully saturated rings. The second-order valence-corrected chi connectivity index (χ2v) is 4.18. The number of nitrogens with zero attached hydrogens (tertiary/aromatic N) is 3. The van der Waals surface area contributed by atoms with Crippen molar-refractivity contribution >= 4 is 11.6 Å². The van der Waals surface area contributed by atoms with Gasteiger partial charge in [0.15, 0.2) is 0 Å². The van der Waals surface area contributed by atoms with Gasteiger partial charge in [0.05, 0.1) is 6.54 Å². The summed E-state index contributed by atoms with van der Waals surface area (Å²) < 4.78 is 2.65. The molecule has 2 aromatic heterocycles. The number of aryl methyl sites for hydroxylation is 1. The molecule has 18 heavy (non-hydrogen) atoms. The highest BCUT2D eigenvalue weighted by Gasteiger charge is 2.05. The molecule has 0 unspecified atom stereocenters. The van der Waals surface area contributed by atoms with Crippen LogP contribution in [0.5, 0.6) is 0 Å². The van der Waals surface area contributed by atoms with Gasteiger partial charge in [0.1, 0.15) is 5.15 Å². The van der Waals surface area contributed by atoms with E-state index in [-0.39, 0.29) is 17.8 Å². The molecule has 5 nitrogen and oxygen atoms in total. The van der Waals surface area contributed by atoms with E-state index in [0.29, 0.717) is 11.7 Å². The number of hydrogen-bond acceptors (Lipinski definition) is 3. The minimum atomic E-state index is -0.322. The zero-order valence-electron chi connectivity index (χ0n) is 9.84. The van der Waals surface area contributed by atoms with Gasteiger partial charge in [0, 0.05) is 25.0 Å². The Balaban J connectivity index is 2.46. The Morgan fingerprint density at radius 3 is 2.78 bits per heavy atom. The van der Waals surface area contributed by atoms with Crippen LogP contribution in [0, 0.1) is 0 Å². The molecule has 0 N–H and O–H groups in total. The SMILES string of the molecule is CCn1ccc(=O)n(Cc2ccnc(Cl)c2)c1=O. The molecule has 0 bridgehead atoms. The second-order valence-electron chi connectivity index (χ2n) is 3.80. The minimum absolute atomic E-state index is 0.195. The monoisotopic (exact) mass is 265 g/mol. The first-order valence-electron chi connectivity index (χ1n) is 5.52. The van der Waals surface area contributed by atoms with Crippen molar-refractivity contribution in [1.82, 2.24) is 14.1 Å². The topological polar surface area (TPSA) is 56.9 Å². The lowest BCUT2D eigenvalue weighted by Gasteiger charge is -2.08. The first-order chi connectivity index (χ1) is 8.61. The number of aromatic nitrogens is 3. The third-order valence-corrected chi connectivity index (χ3v) is 2.82. The first kappa shape index (κ1) is 12.6. The van der Waals surface area contributed by atoms with Crippen molar-refractivity contribution in [2.45, 2.75) is 20.0 Å². The van der Waals surface area contributed by atoms with Crippen molar-refractivity contribution in [2.24, 2.45) is 0 Å². The molecule has 0 aliphatic heterocycles. The van der Waals surface area contributed by atoms with Crippen molar-refractivity contribution in [1.29, 1.82) is 0 Å². The molecule has 0 radical (unpaired) electrons. The van der Waals surface area contributed by atoms with Crippen LogP contribution in [-0.4, -0.2) is 14.1 Å². The number of hydrogen-bond donors (Lipinski definition) is 0. The van der Waals surface area contributed by atoms with Crippen molar-refractivity contribution in [3.05, 3.63) is 62.1 Å². The average Bonchev–Trinajstić information content (AvgIpc) is 2.35. The summed E-state index contributed by atoms with van der Waals surface area (Å²) in [7, 11) is 0. The lowest BCUT2D eigenvalue weighted by molar-refractivity contribution is 0.600. The van der Waals surface area contributed by atoms with Crippen molar-refractivity contribution < 1.29 is 0 Å². The van der Waals surface area contributed by atoms with Gasteiger partial charge in [-0.2, -0.15) is 0 Å². The zero-order chi connectivity index (χ0) is 13.1. The maximum absolute atomic E-state index is 12.0. The van der Waals surface area contributed by atoms with E-state index >= 15 is 0 Å². The fourth-order valence-corrected chi connectivity index (χ4v) is 1.86. The zero-order valence-corrected chi connectivity index (χ0v) is 10.6. The lowest BCUT2D eigenvalue weighted by atomic mass is 10.2. The van der Waals surface area contributed by atoms with Crippen LogP contribution < -0.4 is 11.2 Å². The van der Waals surface area contributed by atoms with E-state index in [1.54, 1.807) is 18.3 Å². The standard InChI is InChI=1S/C12H12ClN3O2/c1-2-15-6-4-11(17)16(12(15)18)8-9-3-5-14-10(13)7-9/h3-7H,2,8H2,1H3. The molecule has 2 rings (SSSR count). The Kier molecular flexibility index (Phi) is 3.62. The Morgan fingerprint density at radius 1 is 1.33 bits per heavy atom. The molecule has 0 amide bonds. The van der Waals surface area contributed by atoms with Crippen LogP contribution in [0.3, 0.4) is 0 Å². The first-order valence-corrected chi connectivity index (χ1v) is 5.90. The lowest BCUT2D eigenvalue weighted by Crippen LogP contribution is -2.38. The molecule has 2 aromatic rings. The van der Waals surface area contributed by atoms with Gasteiger partial charge < -0.3 is 4.57 Å². The van der Waals surface area contributed by atoms with Gasteiger partial charge in [-0.25, -0.2) is 9.78 Å². The third kappa shape index (κ3) is 2.51. The number of rotatable bonds is 3. The summed E-state index contributed by atoms with van der Waals surface area (Å²) >= 11 is 5.77. The van der Waals surface area contributed by atoms with Gasteiger partial charge in [-0.15, -0.1) is 0 Å². The maximum atomic E-state index is 12.0. The van der Waals surface area contributed by atoms with E-state index in [1.807, 2.05) is 6.92 Å². The summed E-state index contributed by atoms with van der Waals surface area (Å²) in [6, 6.07) is 4.74. The van der Waals surface area contributed by atoms with E-state index in [0.717, 1.165) is 5.56 Å². The Hall–Kier alpha value is -1.88. The highest BCUT2D eigenvalue weighted by Crippen LogP contribution is 2.07. The summed E-state index contributed by atoms with van der Waals surface area (Å²) in [5.41, 5.74) is 0.124. The predicted octanol–water partition coefficient (Wildman–Crippen LogP) is 1.13. The molecule has 0 spiro atoms. The predicted molar refractivity (Wildman–Crippen MR) is 69.0 cm³/mol. The van der Waals surface area contributed by atoms with Crippen molar-refractivity contribution in [2.75, 3.05) is 0 Å². The molecule has 0 saturated carbocycles. The van der Waals surface area contributed by atoms with Crippen LogP contribution in [0.2, 0.25) is 5.15 Å². The van der Waals surface area contributed by atoms with Gasteiger partial charge in [-0.05, 0) is 24.6 Å². The second kappa shape index (κ2) is 5.18. The third-order valence-electron chi connectivity index (χ3n) is 2.61. The van der Waals surface area contributed by atoms with E-state index in [2.05, 4.69) is 4.98 Å². The molecule has 0 aliphatic rings. The fourth-order valence-electron chi connectivity index (χ4n) is 1.67. The molecule has 94 valence electrons. The van der Waals surface area contributed by atoms with Crippen LogP contribution in [0.4, 0.5) is 0 Å². The summed E-state index contributed by atoms with van der Waals surface area (Å²) in [6.07, 6.45) is 3.05. The molecular formula is C12H12ClN3O2. The Morgan fingerprint density at radius 2 is 2.11 bits per heavy atom. The fraction of sp³-hybridized carbons (Fsp3) is 0.250. The largest absolute Gasteiger partial charge is 0.331 e. The Labute approximate surface area is 108 Å². The van der Waals surface area contributed by atoms with Gasteiger partial charge in [-0.1, -0.05) is 11.6 Å². The van der Waals surface area contributed by atoms with Crippen LogP contribution in [-0.2, 0) is 13.1 Å². The van der Waals surface area contributed by atoms with Crippen LogP contribution in [0.15, 0.2) is 40.2 Å². The average molecular weight is 266 g/mol. The molecule has 0 aliphatic carbocycles. The molecule has 0 aromatic carbocycles. The highest BCUT2D eigenvalue weighted by atomic mass is 35.5. The van der Waals surface area contributed by atoms with Crippen molar-refractivity contribution in [3.63, 3.8) is 0 Å². The molecule has 0 saturated heterocycles. The summed E-state index contributed by atoms with van der Waals surface area (Å²) in [6.45, 7) is 2.57. The summed E-state index contributed by atoms with van der Waals surface area (Å²) in [4.78, 5) is 27.5. The van der Waals surface area contributed by atoms with Crippen LogP contribution >= 0.6 is 11.6 Å². The van der Waals surface area contributed by atoms with E-state index in [4.69, 9.17) is 11.6 Å². The summed E-state index contributed by atoms with van der Waals surface area (Å²) in [5.74, 6) is 0. The smallest absolute Gasteiger partial charge is 0.301 e. The van der Waals surface area contributed by atoms with E-state index < -0.39 is 0 Å². The molecular weight excluding hydrogens is 254 g/mol. The summed E-state index contributed by atoms with van der Waals surface area (Å²) in [5, 5.41) is 0.340. The molecule has 2 heterocycles. The Bertz CT molecular complexity index is 676. The van der Waals surface area contributed by atoms with Gasteiger partial charge in [-0.3, -0.25) is 9.36 Å². The van der Waals surface area contributed by atoms with Gasteiger partial charge >= 0.3 is 5.69 Å². The van der Waals surface area contributed by atoms with Crippen LogP contribution in [0.25, 0.3) is 0 Å². The van der Waals surface area contributed by atoms with Gasteiger partial charge in [0.25, 0.3) is 5.56 Å². The number of pyridine rings is 1. The maximum Gasteiger partial charge on any atom is 0.331 e.